The highest BCUT2D eigenvalue weighted by atomic mass is 16.3. The van der Waals surface area contributed by atoms with Gasteiger partial charge < -0.3 is 10.0 Å². The highest BCUT2D eigenvalue weighted by Gasteiger charge is 2.50. The molecule has 1 fully saturated rings. The van der Waals surface area contributed by atoms with Crippen LogP contribution in [0.2, 0.25) is 0 Å². The van der Waals surface area contributed by atoms with Gasteiger partial charge in [-0.15, -0.1) is 0 Å². The summed E-state index contributed by atoms with van der Waals surface area (Å²) in [5.41, 5.74) is -1.45. The summed E-state index contributed by atoms with van der Waals surface area (Å²) in [7, 11) is 3.67. The van der Waals surface area contributed by atoms with Crippen LogP contribution in [0.15, 0.2) is 24.3 Å². The van der Waals surface area contributed by atoms with Gasteiger partial charge in [-0.1, -0.05) is 12.1 Å². The number of benzene rings is 1. The van der Waals surface area contributed by atoms with Gasteiger partial charge >= 0.3 is 6.03 Å². The van der Waals surface area contributed by atoms with Crippen molar-refractivity contribution in [1.82, 2.24) is 10.6 Å². The Morgan fingerprint density at radius 3 is 1.89 bits per heavy atom. The molecule has 1 aliphatic heterocycles. The lowest BCUT2D eigenvalue weighted by atomic mass is 9.90. The third kappa shape index (κ3) is 2.04. The summed E-state index contributed by atoms with van der Waals surface area (Å²) in [5, 5.41) is 14.0. The fourth-order valence-corrected chi connectivity index (χ4v) is 1.78. The van der Waals surface area contributed by atoms with Crippen molar-refractivity contribution in [3.8, 4) is 0 Å². The summed E-state index contributed by atoms with van der Waals surface area (Å²) in [6, 6.07) is 5.30. The van der Waals surface area contributed by atoms with Crippen LogP contribution in [0, 0.1) is 0 Å². The summed E-state index contributed by atoms with van der Waals surface area (Å²) >= 11 is 0. The fraction of sp³-hybridized carbons (Fsp3) is 0.250. The van der Waals surface area contributed by atoms with Gasteiger partial charge in [-0.2, -0.15) is 0 Å². The molecule has 4 amide bonds. The molecule has 19 heavy (non-hydrogen) atoms. The second-order valence-electron chi connectivity index (χ2n) is 4.39. The van der Waals surface area contributed by atoms with E-state index in [4.69, 9.17) is 0 Å². The molecule has 0 saturated carbocycles. The Bertz CT molecular complexity index is 531. The van der Waals surface area contributed by atoms with Crippen molar-refractivity contribution in [3.63, 3.8) is 0 Å². The Balaban J connectivity index is 2.41. The normalized spacial score (nSPS) is 17.7. The predicted molar refractivity (Wildman–Crippen MR) is 66.3 cm³/mol. The quantitative estimate of drug-likeness (QED) is 0.613. The zero-order valence-electron chi connectivity index (χ0n) is 10.4. The molecule has 0 spiro atoms. The van der Waals surface area contributed by atoms with Crippen molar-refractivity contribution in [1.29, 1.82) is 0 Å². The van der Waals surface area contributed by atoms with Crippen molar-refractivity contribution in [3.05, 3.63) is 29.8 Å². The number of hydrogen-bond acceptors (Lipinski definition) is 5. The Morgan fingerprint density at radius 1 is 1.00 bits per heavy atom. The number of aliphatic hydroxyl groups is 1. The number of rotatable bonds is 2. The molecule has 0 aliphatic carbocycles. The second kappa shape index (κ2) is 4.36. The molecular formula is C12H13N3O4. The van der Waals surface area contributed by atoms with E-state index in [1.165, 1.54) is 12.1 Å². The van der Waals surface area contributed by atoms with Crippen LogP contribution in [-0.4, -0.2) is 37.0 Å². The van der Waals surface area contributed by atoms with Crippen LogP contribution >= 0.6 is 0 Å². The van der Waals surface area contributed by atoms with Crippen LogP contribution in [0.3, 0.4) is 0 Å². The number of barbiturate groups is 1. The SMILES string of the molecule is CN(C)c1ccc(C2(O)C(=O)NC(=O)NC2=O)cc1. The van der Waals surface area contributed by atoms with Gasteiger partial charge in [-0.3, -0.25) is 20.2 Å². The molecule has 1 heterocycles. The maximum atomic E-state index is 11.7. The Labute approximate surface area is 109 Å². The van der Waals surface area contributed by atoms with E-state index in [0.717, 1.165) is 5.69 Å². The van der Waals surface area contributed by atoms with Gasteiger partial charge in [0.25, 0.3) is 11.8 Å². The fourth-order valence-electron chi connectivity index (χ4n) is 1.78. The monoisotopic (exact) mass is 263 g/mol. The van der Waals surface area contributed by atoms with Crippen molar-refractivity contribution in [2.24, 2.45) is 0 Å². The molecule has 0 radical (unpaired) electrons. The highest BCUT2D eigenvalue weighted by molar-refractivity contribution is 6.21. The van der Waals surface area contributed by atoms with E-state index in [-0.39, 0.29) is 5.56 Å². The van der Waals surface area contributed by atoms with Crippen LogP contribution in [0.5, 0.6) is 0 Å². The van der Waals surface area contributed by atoms with Gasteiger partial charge in [0, 0.05) is 25.3 Å². The van der Waals surface area contributed by atoms with Gasteiger partial charge in [0.05, 0.1) is 0 Å². The first-order chi connectivity index (χ1) is 8.85. The zero-order chi connectivity index (χ0) is 14.2. The average Bonchev–Trinajstić information content (AvgIpc) is 2.35. The Kier molecular flexibility index (Phi) is 2.99. The molecule has 7 nitrogen and oxygen atoms in total. The zero-order valence-corrected chi connectivity index (χ0v) is 10.4. The van der Waals surface area contributed by atoms with Crippen molar-refractivity contribution in [2.45, 2.75) is 5.60 Å². The molecule has 1 aromatic rings. The molecule has 7 heteroatoms. The molecule has 1 aromatic carbocycles. The van der Waals surface area contributed by atoms with Gasteiger partial charge in [-0.25, -0.2) is 4.79 Å². The predicted octanol–water partition coefficient (Wildman–Crippen LogP) is -0.694. The number of amides is 4. The number of carbonyl (C=O) groups excluding carboxylic acids is 3. The molecule has 100 valence electrons. The second-order valence-corrected chi connectivity index (χ2v) is 4.39. The molecule has 0 atom stereocenters. The van der Waals surface area contributed by atoms with Crippen molar-refractivity contribution in [2.75, 3.05) is 19.0 Å². The van der Waals surface area contributed by atoms with Crippen LogP contribution in [0.25, 0.3) is 0 Å². The lowest BCUT2D eigenvalue weighted by Gasteiger charge is -2.29. The van der Waals surface area contributed by atoms with E-state index in [0.29, 0.717) is 0 Å². The minimum Gasteiger partial charge on any atom is -0.378 e. The largest absolute Gasteiger partial charge is 0.378 e. The summed E-state index contributed by atoms with van der Waals surface area (Å²) in [4.78, 5) is 36.2. The number of anilines is 1. The van der Waals surface area contributed by atoms with Gasteiger partial charge in [-0.05, 0) is 12.1 Å². The Hall–Kier alpha value is -2.41. The summed E-state index contributed by atoms with van der Waals surface area (Å²) in [5.74, 6) is -2.11. The van der Waals surface area contributed by atoms with E-state index in [1.54, 1.807) is 12.1 Å². The third-order valence-electron chi connectivity index (χ3n) is 2.91. The number of nitrogens with one attached hydrogen (secondary N) is 2. The molecule has 0 unspecified atom stereocenters. The van der Waals surface area contributed by atoms with Crippen molar-refractivity contribution < 1.29 is 19.5 Å². The third-order valence-corrected chi connectivity index (χ3v) is 2.91. The molecule has 0 aromatic heterocycles. The highest BCUT2D eigenvalue weighted by Crippen LogP contribution is 2.25. The van der Waals surface area contributed by atoms with Gasteiger partial charge in [0.1, 0.15) is 0 Å². The van der Waals surface area contributed by atoms with E-state index in [9.17, 15) is 19.5 Å². The molecule has 2 rings (SSSR count). The number of imide groups is 2. The first-order valence-electron chi connectivity index (χ1n) is 5.53. The number of nitrogens with zero attached hydrogens (tertiary/aromatic N) is 1. The molecular weight excluding hydrogens is 250 g/mol. The molecule has 1 saturated heterocycles. The first kappa shape index (κ1) is 13.0. The summed E-state index contributed by atoms with van der Waals surface area (Å²) in [6.45, 7) is 0. The van der Waals surface area contributed by atoms with E-state index >= 15 is 0 Å². The smallest absolute Gasteiger partial charge is 0.328 e. The van der Waals surface area contributed by atoms with E-state index in [2.05, 4.69) is 0 Å². The van der Waals surface area contributed by atoms with Crippen LogP contribution in [-0.2, 0) is 15.2 Å². The minimum absolute atomic E-state index is 0.0978. The lowest BCUT2D eigenvalue weighted by molar-refractivity contribution is -0.155. The molecule has 0 bridgehead atoms. The van der Waals surface area contributed by atoms with Crippen molar-refractivity contribution >= 4 is 23.5 Å². The van der Waals surface area contributed by atoms with Crippen LogP contribution in [0.4, 0.5) is 10.5 Å². The maximum Gasteiger partial charge on any atom is 0.328 e. The van der Waals surface area contributed by atoms with Gasteiger partial charge in [0.15, 0.2) is 0 Å². The minimum atomic E-state index is -2.39. The number of urea groups is 1. The lowest BCUT2D eigenvalue weighted by Crippen LogP contribution is -2.64. The summed E-state index contributed by atoms with van der Waals surface area (Å²) in [6.07, 6.45) is 0. The molecule has 1 aliphatic rings. The number of carbonyl (C=O) groups is 3. The van der Waals surface area contributed by atoms with Crippen LogP contribution in [0.1, 0.15) is 5.56 Å². The standard InChI is InChI=1S/C12H13N3O4/c1-15(2)8-5-3-7(4-6-8)12(19)9(16)13-11(18)14-10(12)17/h3-6,19H,1-2H3,(H2,13,14,16,17,18). The Morgan fingerprint density at radius 2 is 1.47 bits per heavy atom. The van der Waals surface area contributed by atoms with Gasteiger partial charge in [0.2, 0.25) is 5.60 Å². The first-order valence-corrected chi connectivity index (χ1v) is 5.53. The maximum absolute atomic E-state index is 11.7. The average molecular weight is 263 g/mol. The number of hydrogen-bond donors (Lipinski definition) is 3. The summed E-state index contributed by atoms with van der Waals surface area (Å²) < 4.78 is 0. The molecule has 3 N–H and O–H groups in total. The van der Waals surface area contributed by atoms with E-state index < -0.39 is 23.4 Å². The van der Waals surface area contributed by atoms with Crippen LogP contribution < -0.4 is 15.5 Å². The van der Waals surface area contributed by atoms with E-state index in [1.807, 2.05) is 29.6 Å². The topological polar surface area (TPSA) is 98.7 Å².